The number of alkyl halides is 3. The molecule has 0 bridgehead atoms. The van der Waals surface area contributed by atoms with Crippen molar-refractivity contribution in [3.63, 3.8) is 0 Å². The number of aryl methyl sites for hydroxylation is 1. The molecule has 0 atom stereocenters. The molecule has 10 heteroatoms. The number of nitro groups is 1. The number of hydrogen-bond acceptors (Lipinski definition) is 6. The van der Waals surface area contributed by atoms with Gasteiger partial charge in [0.25, 0.3) is 0 Å². The zero-order valence-electron chi connectivity index (χ0n) is 12.5. The van der Waals surface area contributed by atoms with Crippen molar-refractivity contribution in [2.24, 2.45) is 0 Å². The summed E-state index contributed by atoms with van der Waals surface area (Å²) in [6, 6.07) is 4.67. The number of nitrogens with two attached hydrogens (primary N) is 1. The smallest absolute Gasteiger partial charge is 0.496 e. The van der Waals surface area contributed by atoms with E-state index in [1.165, 1.54) is 19.2 Å². The highest BCUT2D eigenvalue weighted by Gasteiger charge is 2.31. The number of nitrogens with zero attached hydrogens (tertiary/aromatic N) is 2. The van der Waals surface area contributed by atoms with Crippen molar-refractivity contribution in [1.82, 2.24) is 4.98 Å². The van der Waals surface area contributed by atoms with Crippen LogP contribution < -0.4 is 15.2 Å². The Bertz CT molecular complexity index is 794. The molecular formula is C14H12F3N3O4. The Morgan fingerprint density at radius 3 is 2.50 bits per heavy atom. The van der Waals surface area contributed by atoms with Crippen LogP contribution in [-0.2, 0) is 0 Å². The van der Waals surface area contributed by atoms with E-state index in [4.69, 9.17) is 10.5 Å². The molecular weight excluding hydrogens is 331 g/mol. The molecule has 0 saturated carbocycles. The molecule has 0 aliphatic rings. The zero-order valence-corrected chi connectivity index (χ0v) is 12.5. The molecule has 0 unspecified atom stereocenters. The number of rotatable bonds is 4. The number of nitrogen functional groups attached to an aromatic ring is 1. The van der Waals surface area contributed by atoms with Gasteiger partial charge < -0.3 is 15.2 Å². The number of hydrogen-bond donors (Lipinski definition) is 1. The van der Waals surface area contributed by atoms with Crippen LogP contribution in [0.3, 0.4) is 0 Å². The predicted octanol–water partition coefficient (Wildman–Crippen LogP) is 3.45. The van der Waals surface area contributed by atoms with Gasteiger partial charge in [0.15, 0.2) is 0 Å². The first-order chi connectivity index (χ1) is 11.1. The van der Waals surface area contributed by atoms with Crippen LogP contribution in [0.1, 0.15) is 5.56 Å². The SMILES string of the molecule is COc1cc(OC(F)(F)F)ccc1-c1nc(N)c([N+](=O)[O-])cc1C. The van der Waals surface area contributed by atoms with Crippen LogP contribution in [0.25, 0.3) is 11.3 Å². The van der Waals surface area contributed by atoms with Gasteiger partial charge >= 0.3 is 12.0 Å². The third-order valence-corrected chi connectivity index (χ3v) is 3.08. The summed E-state index contributed by atoms with van der Waals surface area (Å²) in [7, 11) is 1.26. The predicted molar refractivity (Wildman–Crippen MR) is 78.7 cm³/mol. The van der Waals surface area contributed by atoms with Gasteiger partial charge in [-0.3, -0.25) is 10.1 Å². The molecule has 1 aromatic heterocycles. The normalized spacial score (nSPS) is 11.2. The number of aromatic nitrogens is 1. The molecule has 1 heterocycles. The Kier molecular flexibility index (Phi) is 4.49. The fourth-order valence-corrected chi connectivity index (χ4v) is 2.10. The van der Waals surface area contributed by atoms with Gasteiger partial charge in [0.2, 0.25) is 5.82 Å². The van der Waals surface area contributed by atoms with Crippen molar-refractivity contribution < 1.29 is 27.6 Å². The van der Waals surface area contributed by atoms with Crippen molar-refractivity contribution in [3.8, 4) is 22.8 Å². The molecule has 2 N–H and O–H groups in total. The van der Waals surface area contributed by atoms with Crippen molar-refractivity contribution in [2.75, 3.05) is 12.8 Å². The summed E-state index contributed by atoms with van der Waals surface area (Å²) in [5.74, 6) is -0.713. The van der Waals surface area contributed by atoms with Gasteiger partial charge in [-0.2, -0.15) is 0 Å². The van der Waals surface area contributed by atoms with Gasteiger partial charge in [0, 0.05) is 17.7 Å². The summed E-state index contributed by atoms with van der Waals surface area (Å²) in [5, 5.41) is 10.9. The summed E-state index contributed by atoms with van der Waals surface area (Å²) in [6.07, 6.45) is -4.83. The third kappa shape index (κ3) is 3.65. The summed E-state index contributed by atoms with van der Waals surface area (Å²) in [4.78, 5) is 14.2. The average Bonchev–Trinajstić information content (AvgIpc) is 2.47. The van der Waals surface area contributed by atoms with Gasteiger partial charge in [0.05, 0.1) is 17.7 Å². The van der Waals surface area contributed by atoms with Crippen LogP contribution in [0.15, 0.2) is 24.3 Å². The summed E-state index contributed by atoms with van der Waals surface area (Å²) in [5.41, 5.74) is 6.21. The Balaban J connectivity index is 2.53. The lowest BCUT2D eigenvalue weighted by molar-refractivity contribution is -0.384. The Hall–Kier alpha value is -3.04. The van der Waals surface area contributed by atoms with Gasteiger partial charge in [-0.1, -0.05) is 0 Å². The number of methoxy groups -OCH3 is 1. The monoisotopic (exact) mass is 343 g/mol. The van der Waals surface area contributed by atoms with E-state index in [9.17, 15) is 23.3 Å². The Labute approximate surface area is 134 Å². The lowest BCUT2D eigenvalue weighted by Crippen LogP contribution is -2.17. The topological polar surface area (TPSA) is 101 Å². The van der Waals surface area contributed by atoms with E-state index < -0.39 is 17.0 Å². The standard InChI is InChI=1S/C14H12F3N3O4/c1-7-5-10(20(21)22)13(18)19-12(7)9-4-3-8(6-11(9)23-2)24-14(15,16)17/h3-6H,1-2H3,(H2,18,19). The molecule has 0 saturated heterocycles. The largest absolute Gasteiger partial charge is 0.573 e. The maximum Gasteiger partial charge on any atom is 0.573 e. The molecule has 128 valence electrons. The van der Waals surface area contributed by atoms with E-state index in [1.807, 2.05) is 0 Å². The average molecular weight is 343 g/mol. The molecule has 0 fully saturated rings. The number of ether oxygens (including phenoxy) is 2. The Morgan fingerprint density at radius 1 is 1.29 bits per heavy atom. The maximum atomic E-state index is 12.3. The highest BCUT2D eigenvalue weighted by molar-refractivity contribution is 5.74. The van der Waals surface area contributed by atoms with Crippen LogP contribution in [-0.4, -0.2) is 23.4 Å². The third-order valence-electron chi connectivity index (χ3n) is 3.08. The summed E-state index contributed by atoms with van der Waals surface area (Å²) < 4.78 is 45.7. The highest BCUT2D eigenvalue weighted by Crippen LogP contribution is 2.37. The van der Waals surface area contributed by atoms with Crippen LogP contribution in [0.5, 0.6) is 11.5 Å². The number of anilines is 1. The second-order valence-electron chi connectivity index (χ2n) is 4.73. The minimum atomic E-state index is -4.83. The highest BCUT2D eigenvalue weighted by atomic mass is 19.4. The molecule has 0 spiro atoms. The molecule has 2 rings (SSSR count). The molecule has 0 amide bonds. The molecule has 24 heavy (non-hydrogen) atoms. The number of halogens is 3. The Morgan fingerprint density at radius 2 is 1.96 bits per heavy atom. The molecule has 7 nitrogen and oxygen atoms in total. The van der Waals surface area contributed by atoms with Gasteiger partial charge in [-0.15, -0.1) is 13.2 Å². The lowest BCUT2D eigenvalue weighted by atomic mass is 10.0. The minimum Gasteiger partial charge on any atom is -0.496 e. The molecule has 0 aliphatic heterocycles. The lowest BCUT2D eigenvalue weighted by Gasteiger charge is -2.14. The van der Waals surface area contributed by atoms with E-state index >= 15 is 0 Å². The van der Waals surface area contributed by atoms with Gasteiger partial charge in [-0.25, -0.2) is 4.98 Å². The molecule has 0 radical (unpaired) electrons. The quantitative estimate of drug-likeness (QED) is 0.674. The maximum absolute atomic E-state index is 12.3. The fraction of sp³-hybridized carbons (Fsp3) is 0.214. The van der Waals surface area contributed by atoms with E-state index in [0.29, 0.717) is 11.1 Å². The van der Waals surface area contributed by atoms with E-state index in [-0.39, 0.29) is 22.9 Å². The van der Waals surface area contributed by atoms with Crippen LogP contribution in [0.4, 0.5) is 24.7 Å². The molecule has 0 aliphatic carbocycles. The molecule has 2 aromatic rings. The summed E-state index contributed by atoms with van der Waals surface area (Å²) in [6.45, 7) is 1.56. The summed E-state index contributed by atoms with van der Waals surface area (Å²) >= 11 is 0. The van der Waals surface area contributed by atoms with Crippen LogP contribution in [0, 0.1) is 17.0 Å². The van der Waals surface area contributed by atoms with Crippen LogP contribution in [0.2, 0.25) is 0 Å². The number of pyridine rings is 1. The van der Waals surface area contributed by atoms with E-state index in [1.54, 1.807) is 6.92 Å². The molecule has 1 aromatic carbocycles. The van der Waals surface area contributed by atoms with Gasteiger partial charge in [0.1, 0.15) is 11.5 Å². The van der Waals surface area contributed by atoms with Gasteiger partial charge in [-0.05, 0) is 24.6 Å². The first kappa shape index (κ1) is 17.3. The first-order valence-corrected chi connectivity index (χ1v) is 6.48. The van der Waals surface area contributed by atoms with Crippen molar-refractivity contribution in [2.45, 2.75) is 13.3 Å². The van der Waals surface area contributed by atoms with E-state index in [2.05, 4.69) is 9.72 Å². The fourth-order valence-electron chi connectivity index (χ4n) is 2.10. The zero-order chi connectivity index (χ0) is 18.1. The first-order valence-electron chi connectivity index (χ1n) is 6.48. The van der Waals surface area contributed by atoms with Crippen molar-refractivity contribution >= 4 is 11.5 Å². The van der Waals surface area contributed by atoms with Crippen molar-refractivity contribution in [1.29, 1.82) is 0 Å². The number of benzene rings is 1. The van der Waals surface area contributed by atoms with Crippen LogP contribution >= 0.6 is 0 Å². The second-order valence-corrected chi connectivity index (χ2v) is 4.73. The van der Waals surface area contributed by atoms with Crippen molar-refractivity contribution in [3.05, 3.63) is 39.9 Å². The van der Waals surface area contributed by atoms with E-state index in [0.717, 1.165) is 12.1 Å². The minimum absolute atomic E-state index is 0.0561. The second kappa shape index (κ2) is 6.22.